The van der Waals surface area contributed by atoms with E-state index < -0.39 is 0 Å². The number of hydrogen-bond acceptors (Lipinski definition) is 6. The van der Waals surface area contributed by atoms with E-state index in [1.165, 1.54) is 0 Å². The van der Waals surface area contributed by atoms with Crippen LogP contribution in [-0.2, 0) is 17.9 Å². The van der Waals surface area contributed by atoms with Crippen molar-refractivity contribution in [3.05, 3.63) is 83.6 Å². The molecular formula is C23H24N4O3. The average molecular weight is 404 g/mol. The molecule has 2 aromatic carbocycles. The molecule has 7 heteroatoms. The first kappa shape index (κ1) is 21.0. The monoisotopic (exact) mass is 404 g/mol. The first-order valence-corrected chi connectivity index (χ1v) is 9.53. The summed E-state index contributed by atoms with van der Waals surface area (Å²) in [7, 11) is 0. The van der Waals surface area contributed by atoms with Crippen molar-refractivity contribution >= 4 is 6.41 Å². The number of amides is 1. The van der Waals surface area contributed by atoms with E-state index in [2.05, 4.69) is 15.3 Å². The minimum Gasteiger partial charge on any atom is -0.441 e. The largest absolute Gasteiger partial charge is 0.441 e. The maximum absolute atomic E-state index is 10.2. The first-order chi connectivity index (χ1) is 14.6. The third-order valence-electron chi connectivity index (χ3n) is 4.37. The van der Waals surface area contributed by atoms with E-state index >= 15 is 0 Å². The zero-order chi connectivity index (χ0) is 21.3. The maximum Gasteiger partial charge on any atom is 0.226 e. The molecule has 0 unspecified atom stereocenters. The number of hydrogen-bond donors (Lipinski definition) is 2. The molecule has 7 nitrogen and oxygen atoms in total. The van der Waals surface area contributed by atoms with Crippen LogP contribution in [0.2, 0.25) is 0 Å². The molecule has 0 saturated heterocycles. The molecule has 1 amide bonds. The molecule has 4 aromatic rings. The fourth-order valence-electron chi connectivity index (χ4n) is 2.76. The molecule has 2 aromatic heterocycles. The van der Waals surface area contributed by atoms with E-state index in [9.17, 15) is 4.79 Å². The van der Waals surface area contributed by atoms with Crippen LogP contribution < -0.4 is 11.1 Å². The molecule has 0 aliphatic heterocycles. The number of nitrogens with two attached hydrogens (primary N) is 1. The Balaban J connectivity index is 0.000000172. The van der Waals surface area contributed by atoms with Gasteiger partial charge >= 0.3 is 0 Å². The molecule has 4 rings (SSSR count). The van der Waals surface area contributed by atoms with Crippen LogP contribution >= 0.6 is 0 Å². The van der Waals surface area contributed by atoms with Crippen molar-refractivity contribution in [1.82, 2.24) is 15.3 Å². The minimum absolute atomic E-state index is 0.395. The molecule has 0 radical (unpaired) electrons. The van der Waals surface area contributed by atoms with Crippen molar-refractivity contribution in [1.29, 1.82) is 0 Å². The molecule has 0 saturated carbocycles. The van der Waals surface area contributed by atoms with Gasteiger partial charge in [0.15, 0.2) is 0 Å². The van der Waals surface area contributed by atoms with Gasteiger partial charge < -0.3 is 19.9 Å². The fourth-order valence-corrected chi connectivity index (χ4v) is 2.76. The number of carbonyl (C=O) groups excluding carboxylic acids is 1. The molecule has 0 spiro atoms. The fraction of sp³-hybridized carbons (Fsp3) is 0.174. The van der Waals surface area contributed by atoms with Gasteiger partial charge in [0, 0.05) is 17.7 Å². The highest BCUT2D eigenvalue weighted by Crippen LogP contribution is 2.21. The Kier molecular flexibility index (Phi) is 7.13. The van der Waals surface area contributed by atoms with E-state index in [1.807, 2.05) is 74.5 Å². The van der Waals surface area contributed by atoms with Crippen molar-refractivity contribution in [2.45, 2.75) is 26.9 Å². The van der Waals surface area contributed by atoms with Gasteiger partial charge in [-0.25, -0.2) is 9.97 Å². The van der Waals surface area contributed by atoms with Gasteiger partial charge in [0.05, 0.1) is 12.2 Å². The number of aryl methyl sites for hydroxylation is 2. The third-order valence-corrected chi connectivity index (χ3v) is 4.37. The number of rotatable bonds is 6. The highest BCUT2D eigenvalue weighted by atomic mass is 16.4. The van der Waals surface area contributed by atoms with Crippen LogP contribution in [0.15, 0.2) is 69.5 Å². The predicted octanol–water partition coefficient (Wildman–Crippen LogP) is 4.00. The van der Waals surface area contributed by atoms with Gasteiger partial charge in [0.2, 0.25) is 18.2 Å². The van der Waals surface area contributed by atoms with Crippen LogP contribution in [0.5, 0.6) is 0 Å². The molecule has 2 heterocycles. The summed E-state index contributed by atoms with van der Waals surface area (Å²) in [5, 5.41) is 2.57. The van der Waals surface area contributed by atoms with Gasteiger partial charge in [-0.05, 0) is 38.1 Å². The quantitative estimate of drug-likeness (QED) is 0.470. The Morgan fingerprint density at radius 3 is 1.73 bits per heavy atom. The third kappa shape index (κ3) is 5.21. The van der Waals surface area contributed by atoms with Crippen LogP contribution in [0.4, 0.5) is 0 Å². The summed E-state index contributed by atoms with van der Waals surface area (Å²) in [6, 6.07) is 19.5. The second kappa shape index (κ2) is 10.2. The Hall–Kier alpha value is -3.71. The van der Waals surface area contributed by atoms with E-state index in [0.29, 0.717) is 31.3 Å². The molecule has 0 fully saturated rings. The highest BCUT2D eigenvalue weighted by molar-refractivity contribution is 5.54. The van der Waals surface area contributed by atoms with Crippen molar-refractivity contribution in [2.75, 3.05) is 0 Å². The topological polar surface area (TPSA) is 107 Å². The van der Waals surface area contributed by atoms with E-state index in [0.717, 1.165) is 34.0 Å². The summed E-state index contributed by atoms with van der Waals surface area (Å²) < 4.78 is 11.0. The second-order valence-electron chi connectivity index (χ2n) is 6.48. The van der Waals surface area contributed by atoms with Crippen LogP contribution in [0.3, 0.4) is 0 Å². The van der Waals surface area contributed by atoms with Gasteiger partial charge in [-0.15, -0.1) is 0 Å². The Bertz CT molecular complexity index is 1070. The number of nitrogens with one attached hydrogen (secondary N) is 1. The molecule has 0 bridgehead atoms. The molecule has 0 aliphatic rings. The SMILES string of the molecule is Cc1oc(-c2ccccc2)nc1CN.Cc1oc(-c2ccccc2)nc1CNC=O. The number of oxazole rings is 2. The Morgan fingerprint density at radius 1 is 0.833 bits per heavy atom. The van der Waals surface area contributed by atoms with Crippen LogP contribution in [0, 0.1) is 13.8 Å². The van der Waals surface area contributed by atoms with Crippen LogP contribution in [0.1, 0.15) is 22.9 Å². The lowest BCUT2D eigenvalue weighted by atomic mass is 10.2. The molecule has 30 heavy (non-hydrogen) atoms. The lowest BCUT2D eigenvalue weighted by Gasteiger charge is -1.93. The van der Waals surface area contributed by atoms with Crippen molar-refractivity contribution < 1.29 is 13.6 Å². The normalized spacial score (nSPS) is 10.2. The molecule has 154 valence electrons. The molecule has 0 aliphatic carbocycles. The van der Waals surface area contributed by atoms with Gasteiger partial charge in [-0.1, -0.05) is 36.4 Å². The summed E-state index contributed by atoms with van der Waals surface area (Å²) in [4.78, 5) is 18.8. The molecule has 0 atom stereocenters. The number of benzene rings is 2. The average Bonchev–Trinajstić information content (AvgIpc) is 3.36. The lowest BCUT2D eigenvalue weighted by molar-refractivity contribution is -0.109. The van der Waals surface area contributed by atoms with Crippen molar-refractivity contribution in [3.8, 4) is 22.9 Å². The standard InChI is InChI=1S/C12H12N2O2.C11H12N2O/c1-9-11(7-13-8-15)14-12(16-9)10-5-3-2-4-6-10;1-8-10(7-12)13-11(14-8)9-5-3-2-4-6-9/h2-6,8H,7H2,1H3,(H,13,15);2-6H,7,12H2,1H3. The van der Waals surface area contributed by atoms with E-state index in [1.54, 1.807) is 0 Å². The van der Waals surface area contributed by atoms with Gasteiger partial charge in [-0.3, -0.25) is 4.79 Å². The lowest BCUT2D eigenvalue weighted by Crippen LogP contribution is -2.10. The van der Waals surface area contributed by atoms with Gasteiger partial charge in [-0.2, -0.15) is 0 Å². The summed E-state index contributed by atoms with van der Waals surface area (Å²) in [6.45, 7) is 4.52. The van der Waals surface area contributed by atoms with Crippen LogP contribution in [-0.4, -0.2) is 16.4 Å². The number of carbonyl (C=O) groups is 1. The molecular weight excluding hydrogens is 380 g/mol. The summed E-state index contributed by atoms with van der Waals surface area (Å²) in [5.41, 5.74) is 9.01. The number of aromatic nitrogens is 2. The first-order valence-electron chi connectivity index (χ1n) is 9.53. The summed E-state index contributed by atoms with van der Waals surface area (Å²) in [5.74, 6) is 2.75. The zero-order valence-electron chi connectivity index (χ0n) is 17.0. The van der Waals surface area contributed by atoms with Gasteiger partial charge in [0.25, 0.3) is 0 Å². The van der Waals surface area contributed by atoms with Gasteiger partial charge in [0.1, 0.15) is 17.2 Å². The highest BCUT2D eigenvalue weighted by Gasteiger charge is 2.10. The smallest absolute Gasteiger partial charge is 0.226 e. The van der Waals surface area contributed by atoms with Crippen molar-refractivity contribution in [2.24, 2.45) is 5.73 Å². The molecule has 3 N–H and O–H groups in total. The maximum atomic E-state index is 10.2. The van der Waals surface area contributed by atoms with Crippen LogP contribution in [0.25, 0.3) is 22.9 Å². The Labute approximate surface area is 175 Å². The predicted molar refractivity (Wildman–Crippen MR) is 114 cm³/mol. The summed E-state index contributed by atoms with van der Waals surface area (Å²) >= 11 is 0. The Morgan fingerprint density at radius 2 is 1.30 bits per heavy atom. The summed E-state index contributed by atoms with van der Waals surface area (Å²) in [6.07, 6.45) is 0.649. The minimum atomic E-state index is 0.395. The van der Waals surface area contributed by atoms with E-state index in [-0.39, 0.29) is 0 Å². The number of nitrogens with zero attached hydrogens (tertiary/aromatic N) is 2. The zero-order valence-corrected chi connectivity index (χ0v) is 17.0. The van der Waals surface area contributed by atoms with E-state index in [4.69, 9.17) is 14.6 Å². The second-order valence-corrected chi connectivity index (χ2v) is 6.48. The van der Waals surface area contributed by atoms with Crippen molar-refractivity contribution in [3.63, 3.8) is 0 Å².